The molecule has 0 aliphatic carbocycles. The molecule has 1 amide bonds. The summed E-state index contributed by atoms with van der Waals surface area (Å²) in [5, 5.41) is 15.9. The third-order valence-corrected chi connectivity index (χ3v) is 4.94. The topological polar surface area (TPSA) is 79.5 Å². The quantitative estimate of drug-likeness (QED) is 0.429. The van der Waals surface area contributed by atoms with Crippen molar-refractivity contribution in [1.82, 2.24) is 14.6 Å². The molecule has 0 aliphatic heterocycles. The molecule has 0 aliphatic rings. The van der Waals surface area contributed by atoms with E-state index >= 15 is 0 Å². The average Bonchev–Trinajstić information content (AvgIpc) is 3.04. The minimum atomic E-state index is -4.73. The zero-order valence-corrected chi connectivity index (χ0v) is 16.6. The van der Waals surface area contributed by atoms with Crippen molar-refractivity contribution in [2.75, 3.05) is 5.32 Å². The lowest BCUT2D eigenvalue weighted by atomic mass is 10.1. The van der Waals surface area contributed by atoms with E-state index in [1.807, 2.05) is 0 Å². The second-order valence-electron chi connectivity index (χ2n) is 6.29. The summed E-state index contributed by atoms with van der Waals surface area (Å²) in [5.41, 5.74) is -0.645. The fourth-order valence-electron chi connectivity index (χ4n) is 2.87. The molecule has 0 saturated heterocycles. The Balaban J connectivity index is 1.85. The maximum absolute atomic E-state index is 13.7. The van der Waals surface area contributed by atoms with Crippen LogP contribution in [0.1, 0.15) is 16.2 Å². The molecule has 2 aromatic carbocycles. The predicted octanol–water partition coefficient (Wildman–Crippen LogP) is 5.14. The van der Waals surface area contributed by atoms with Crippen LogP contribution in [-0.2, 0) is 6.18 Å². The summed E-state index contributed by atoms with van der Waals surface area (Å²) in [6.45, 7) is 0. The molecule has 2 heterocycles. The van der Waals surface area contributed by atoms with Gasteiger partial charge in [0.15, 0.2) is 17.0 Å². The minimum Gasteiger partial charge on any atom is -0.508 e. The Kier molecular flexibility index (Phi) is 4.94. The molecule has 152 valence electrons. The van der Waals surface area contributed by atoms with Crippen molar-refractivity contribution in [2.24, 2.45) is 0 Å². The number of amides is 1. The molecule has 30 heavy (non-hydrogen) atoms. The highest BCUT2D eigenvalue weighted by Gasteiger charge is 2.36. The number of hydrogen-bond donors (Lipinski definition) is 2. The number of nitrogens with one attached hydrogen (secondary N) is 1. The van der Waals surface area contributed by atoms with Crippen molar-refractivity contribution in [2.45, 2.75) is 6.18 Å². The number of carbonyl (C=O) groups excluding carboxylic acids is 1. The highest BCUT2D eigenvalue weighted by molar-refractivity contribution is 9.10. The molecule has 0 atom stereocenters. The van der Waals surface area contributed by atoms with Gasteiger partial charge in [0.1, 0.15) is 5.75 Å². The molecule has 0 fully saturated rings. The average molecular weight is 477 g/mol. The monoisotopic (exact) mass is 476 g/mol. The number of aromatic hydroxyl groups is 1. The van der Waals surface area contributed by atoms with Crippen molar-refractivity contribution < 1.29 is 23.1 Å². The van der Waals surface area contributed by atoms with E-state index in [0.29, 0.717) is 10.1 Å². The first-order chi connectivity index (χ1) is 14.2. The van der Waals surface area contributed by atoms with Crippen LogP contribution in [0.25, 0.3) is 16.9 Å². The molecule has 0 spiro atoms. The highest BCUT2D eigenvalue weighted by atomic mass is 79.9. The van der Waals surface area contributed by atoms with Crippen LogP contribution in [0.4, 0.5) is 18.9 Å². The fraction of sp³-hybridized carbons (Fsp3) is 0.0500. The summed E-state index contributed by atoms with van der Waals surface area (Å²) < 4.78 is 41.8. The van der Waals surface area contributed by atoms with E-state index in [2.05, 4.69) is 31.3 Å². The van der Waals surface area contributed by atoms with E-state index in [4.69, 9.17) is 0 Å². The normalized spacial score (nSPS) is 11.6. The van der Waals surface area contributed by atoms with Gasteiger partial charge in [-0.05, 0) is 34.1 Å². The largest absolute Gasteiger partial charge is 0.508 e. The van der Waals surface area contributed by atoms with Crippen molar-refractivity contribution in [3.63, 3.8) is 0 Å². The first kappa shape index (κ1) is 19.9. The fourth-order valence-corrected chi connectivity index (χ4v) is 3.39. The lowest BCUT2D eigenvalue weighted by Gasteiger charge is -2.11. The zero-order chi connectivity index (χ0) is 21.5. The van der Waals surface area contributed by atoms with Gasteiger partial charge in [-0.1, -0.05) is 36.4 Å². The lowest BCUT2D eigenvalue weighted by molar-refractivity contribution is -0.142. The van der Waals surface area contributed by atoms with Gasteiger partial charge in [-0.15, -0.1) is 0 Å². The number of nitrogens with zero attached hydrogens (tertiary/aromatic N) is 3. The molecule has 2 aromatic heterocycles. The number of benzene rings is 2. The summed E-state index contributed by atoms with van der Waals surface area (Å²) in [6.07, 6.45) is -4.73. The molecule has 2 N–H and O–H groups in total. The molecule has 4 aromatic rings. The number of fused-ring (bicyclic) bond motifs is 1. The van der Waals surface area contributed by atoms with Crippen molar-refractivity contribution in [3.8, 4) is 17.0 Å². The van der Waals surface area contributed by atoms with Gasteiger partial charge in [-0.2, -0.15) is 18.3 Å². The Morgan fingerprint density at radius 2 is 1.80 bits per heavy atom. The van der Waals surface area contributed by atoms with Crippen LogP contribution in [0.5, 0.6) is 5.75 Å². The van der Waals surface area contributed by atoms with E-state index in [1.165, 1.54) is 24.3 Å². The Bertz CT molecular complexity index is 1260. The molecular weight excluding hydrogens is 465 g/mol. The summed E-state index contributed by atoms with van der Waals surface area (Å²) in [7, 11) is 0. The molecule has 4 rings (SSSR count). The van der Waals surface area contributed by atoms with E-state index < -0.39 is 17.8 Å². The summed E-state index contributed by atoms with van der Waals surface area (Å²) in [4.78, 5) is 16.9. The van der Waals surface area contributed by atoms with Gasteiger partial charge in [0.25, 0.3) is 5.91 Å². The molecular formula is C20H12BrF3N4O2. The van der Waals surface area contributed by atoms with Crippen LogP contribution < -0.4 is 5.32 Å². The standard InChI is InChI=1S/C20H12BrF3N4O2/c21-16-17(19(30)25-12-7-4-8-13(29)9-12)27-28-15(20(22,23)24)10-14(26-18(16)28)11-5-2-1-3-6-11/h1-10,29H,(H,25,30). The van der Waals surface area contributed by atoms with Crippen LogP contribution >= 0.6 is 15.9 Å². The van der Waals surface area contributed by atoms with Gasteiger partial charge in [0, 0.05) is 17.3 Å². The summed E-state index contributed by atoms with van der Waals surface area (Å²) in [6, 6.07) is 15.0. The molecule has 6 nitrogen and oxygen atoms in total. The number of alkyl halides is 3. The summed E-state index contributed by atoms with van der Waals surface area (Å²) in [5.74, 6) is -0.831. The Labute approximate surface area is 176 Å². The number of carbonyl (C=O) groups is 1. The zero-order valence-electron chi connectivity index (χ0n) is 15.0. The number of phenolic OH excluding ortho intramolecular Hbond substituents is 1. The van der Waals surface area contributed by atoms with E-state index in [0.717, 1.165) is 6.07 Å². The SMILES string of the molecule is O=C(Nc1cccc(O)c1)c1nn2c(C(F)(F)F)cc(-c3ccccc3)nc2c1Br. The van der Waals surface area contributed by atoms with Crippen LogP contribution in [0, 0.1) is 0 Å². The second kappa shape index (κ2) is 7.45. The second-order valence-corrected chi connectivity index (χ2v) is 7.09. The van der Waals surface area contributed by atoms with Gasteiger partial charge in [-0.3, -0.25) is 4.79 Å². The maximum atomic E-state index is 13.7. The molecule has 10 heteroatoms. The number of halogens is 4. The van der Waals surface area contributed by atoms with E-state index in [1.54, 1.807) is 30.3 Å². The number of anilines is 1. The van der Waals surface area contributed by atoms with Crippen molar-refractivity contribution in [3.05, 3.63) is 76.5 Å². The van der Waals surface area contributed by atoms with Gasteiger partial charge in [-0.25, -0.2) is 9.50 Å². The first-order valence-corrected chi connectivity index (χ1v) is 9.35. The minimum absolute atomic E-state index is 0.0171. The number of rotatable bonds is 3. The predicted molar refractivity (Wildman–Crippen MR) is 107 cm³/mol. The van der Waals surface area contributed by atoms with Crippen molar-refractivity contribution in [1.29, 1.82) is 0 Å². The van der Waals surface area contributed by atoms with Crippen LogP contribution in [0.2, 0.25) is 0 Å². The highest BCUT2D eigenvalue weighted by Crippen LogP contribution is 2.34. The van der Waals surface area contributed by atoms with E-state index in [9.17, 15) is 23.1 Å². The third-order valence-electron chi connectivity index (χ3n) is 4.21. The number of hydrogen-bond acceptors (Lipinski definition) is 4. The maximum Gasteiger partial charge on any atom is 0.433 e. The molecule has 0 bridgehead atoms. The smallest absolute Gasteiger partial charge is 0.433 e. The van der Waals surface area contributed by atoms with E-state index in [-0.39, 0.29) is 32.9 Å². The Morgan fingerprint density at radius 1 is 1.07 bits per heavy atom. The number of aromatic nitrogens is 3. The number of phenols is 1. The van der Waals surface area contributed by atoms with Gasteiger partial charge in [0.05, 0.1) is 10.2 Å². The van der Waals surface area contributed by atoms with Gasteiger partial charge >= 0.3 is 6.18 Å². The molecule has 0 saturated carbocycles. The summed E-state index contributed by atoms with van der Waals surface area (Å²) >= 11 is 3.16. The molecule has 0 unspecified atom stereocenters. The lowest BCUT2D eigenvalue weighted by Crippen LogP contribution is -2.15. The third kappa shape index (κ3) is 3.73. The van der Waals surface area contributed by atoms with Crippen molar-refractivity contribution >= 4 is 33.2 Å². The van der Waals surface area contributed by atoms with Crippen LogP contribution in [-0.4, -0.2) is 25.6 Å². The van der Waals surface area contributed by atoms with Gasteiger partial charge in [0.2, 0.25) is 0 Å². The van der Waals surface area contributed by atoms with Gasteiger partial charge < -0.3 is 10.4 Å². The van der Waals surface area contributed by atoms with Crippen LogP contribution in [0.15, 0.2) is 65.1 Å². The Morgan fingerprint density at radius 3 is 2.47 bits per heavy atom. The Hall–Kier alpha value is -3.40. The first-order valence-electron chi connectivity index (χ1n) is 8.56. The molecule has 0 radical (unpaired) electrons. The van der Waals surface area contributed by atoms with Crippen LogP contribution in [0.3, 0.4) is 0 Å².